The normalized spacial score (nSPS) is 12.1. The molecule has 0 aliphatic heterocycles. The molecule has 6 heteroatoms. The van der Waals surface area contributed by atoms with Gasteiger partial charge in [0.1, 0.15) is 13.2 Å². The Morgan fingerprint density at radius 2 is 0.532 bits per heavy atom. The number of hydrogen-bond acceptors (Lipinski definition) is 6. The average molecular weight is 873 g/mol. The van der Waals surface area contributed by atoms with Gasteiger partial charge >= 0.3 is 17.9 Å². The summed E-state index contributed by atoms with van der Waals surface area (Å²) in [5.74, 6) is -0.875. The average Bonchev–Trinajstić information content (AvgIpc) is 3.27. The first kappa shape index (κ1) is 59.9. The summed E-state index contributed by atoms with van der Waals surface area (Å²) in [6, 6.07) is 0. The Bertz CT molecular complexity index is 1000. The molecule has 0 amide bonds. The number of ether oxygens (including phenoxy) is 3. The van der Waals surface area contributed by atoms with E-state index in [9.17, 15) is 14.4 Å². The zero-order chi connectivity index (χ0) is 45.1. The standard InChI is InChI=1S/C56H104O6/c1-4-7-10-13-16-19-22-25-28-31-34-37-40-43-46-49-55(58)61-52-53(51-60-54(57)48-45-42-39-36-33-30-27-24-21-18-15-12-9-6-3)62-56(59)50-47-44-41-38-35-32-29-26-23-20-17-14-11-8-5-2/h25-26,28-29,53H,4-24,27,30-52H2,1-3H3/b28-25-,29-26-/t53-/m1/s1. The minimum atomic E-state index is -0.774. The summed E-state index contributed by atoms with van der Waals surface area (Å²) in [6.07, 6.45) is 58.7. The Hall–Kier alpha value is -2.11. The lowest BCUT2D eigenvalue weighted by Gasteiger charge is -2.18. The summed E-state index contributed by atoms with van der Waals surface area (Å²) in [5, 5.41) is 0. The molecule has 1 atom stereocenters. The molecule has 0 aliphatic rings. The number of unbranched alkanes of at least 4 members (excludes halogenated alkanes) is 35. The van der Waals surface area contributed by atoms with Gasteiger partial charge in [0, 0.05) is 19.3 Å². The summed E-state index contributed by atoms with van der Waals surface area (Å²) in [5.41, 5.74) is 0. The molecule has 0 saturated carbocycles. The van der Waals surface area contributed by atoms with Crippen molar-refractivity contribution in [3.8, 4) is 0 Å². The van der Waals surface area contributed by atoms with Gasteiger partial charge < -0.3 is 14.2 Å². The summed E-state index contributed by atoms with van der Waals surface area (Å²) in [6.45, 7) is 6.65. The minimum absolute atomic E-state index is 0.0732. The number of rotatable bonds is 50. The molecule has 0 spiro atoms. The highest BCUT2D eigenvalue weighted by molar-refractivity contribution is 5.71. The third kappa shape index (κ3) is 48.9. The van der Waals surface area contributed by atoms with Gasteiger partial charge in [0.15, 0.2) is 6.10 Å². The lowest BCUT2D eigenvalue weighted by atomic mass is 10.0. The number of carbonyl (C=O) groups is 3. The molecule has 0 aromatic carbocycles. The van der Waals surface area contributed by atoms with Crippen LogP contribution in [0, 0.1) is 0 Å². The lowest BCUT2D eigenvalue weighted by molar-refractivity contribution is -0.167. The van der Waals surface area contributed by atoms with Crippen molar-refractivity contribution in [2.45, 2.75) is 303 Å². The molecular weight excluding hydrogens is 769 g/mol. The maximum Gasteiger partial charge on any atom is 0.306 e. The molecule has 0 N–H and O–H groups in total. The zero-order valence-corrected chi connectivity index (χ0v) is 41.7. The molecule has 0 aromatic heterocycles. The fourth-order valence-electron chi connectivity index (χ4n) is 8.02. The van der Waals surface area contributed by atoms with Gasteiger partial charge in [-0.2, -0.15) is 0 Å². The van der Waals surface area contributed by atoms with Crippen LogP contribution in [0.5, 0.6) is 0 Å². The van der Waals surface area contributed by atoms with E-state index in [0.29, 0.717) is 19.3 Å². The second-order valence-electron chi connectivity index (χ2n) is 18.5. The summed E-state index contributed by atoms with van der Waals surface area (Å²) in [4.78, 5) is 38.0. The minimum Gasteiger partial charge on any atom is -0.462 e. The van der Waals surface area contributed by atoms with E-state index in [1.807, 2.05) is 0 Å². The van der Waals surface area contributed by atoms with E-state index in [-0.39, 0.29) is 31.1 Å². The first-order valence-electron chi connectivity index (χ1n) is 27.3. The molecule has 0 rings (SSSR count). The van der Waals surface area contributed by atoms with Crippen molar-refractivity contribution in [2.75, 3.05) is 13.2 Å². The second kappa shape index (κ2) is 51.5. The van der Waals surface area contributed by atoms with Crippen molar-refractivity contribution in [1.82, 2.24) is 0 Å². The monoisotopic (exact) mass is 873 g/mol. The van der Waals surface area contributed by atoms with E-state index < -0.39 is 6.10 Å². The zero-order valence-electron chi connectivity index (χ0n) is 41.7. The molecule has 0 saturated heterocycles. The van der Waals surface area contributed by atoms with Gasteiger partial charge in [0.25, 0.3) is 0 Å². The SMILES string of the molecule is CCCCCCCC/C=C\CCCCCCCC(=O)OC[C@@H](COC(=O)CCCCCCCCCCCCCCCC)OC(=O)CCCCCCC/C=C\CCCCCCCC. The highest BCUT2D eigenvalue weighted by atomic mass is 16.6. The van der Waals surface area contributed by atoms with Crippen molar-refractivity contribution in [3.63, 3.8) is 0 Å². The van der Waals surface area contributed by atoms with Crippen molar-refractivity contribution in [3.05, 3.63) is 24.3 Å². The second-order valence-corrected chi connectivity index (χ2v) is 18.5. The Morgan fingerprint density at radius 3 is 0.806 bits per heavy atom. The molecule has 6 nitrogen and oxygen atoms in total. The van der Waals surface area contributed by atoms with Crippen LogP contribution in [-0.2, 0) is 28.6 Å². The van der Waals surface area contributed by atoms with E-state index in [1.54, 1.807) is 0 Å². The number of carbonyl (C=O) groups excluding carboxylic acids is 3. The first-order valence-corrected chi connectivity index (χ1v) is 27.3. The highest BCUT2D eigenvalue weighted by Crippen LogP contribution is 2.16. The summed E-state index contributed by atoms with van der Waals surface area (Å²) in [7, 11) is 0. The topological polar surface area (TPSA) is 78.9 Å². The molecule has 0 radical (unpaired) electrons. The van der Waals surface area contributed by atoms with Gasteiger partial charge in [-0.05, 0) is 70.6 Å². The largest absolute Gasteiger partial charge is 0.462 e. The van der Waals surface area contributed by atoms with Crippen molar-refractivity contribution < 1.29 is 28.6 Å². The van der Waals surface area contributed by atoms with Gasteiger partial charge in [-0.15, -0.1) is 0 Å². The maximum atomic E-state index is 12.8. The van der Waals surface area contributed by atoms with Gasteiger partial charge in [0.05, 0.1) is 0 Å². The first-order chi connectivity index (χ1) is 30.5. The maximum absolute atomic E-state index is 12.8. The molecule has 0 heterocycles. The fourth-order valence-corrected chi connectivity index (χ4v) is 8.02. The van der Waals surface area contributed by atoms with E-state index in [1.165, 1.54) is 186 Å². The number of esters is 3. The Balaban J connectivity index is 4.36. The molecule has 0 bridgehead atoms. The molecule has 0 fully saturated rings. The molecule has 62 heavy (non-hydrogen) atoms. The highest BCUT2D eigenvalue weighted by Gasteiger charge is 2.19. The molecule has 0 unspecified atom stereocenters. The van der Waals surface area contributed by atoms with Crippen LogP contribution >= 0.6 is 0 Å². The van der Waals surface area contributed by atoms with Crippen molar-refractivity contribution >= 4 is 17.9 Å². The van der Waals surface area contributed by atoms with Crippen LogP contribution in [0.3, 0.4) is 0 Å². The Labute approximate surface area is 385 Å². The van der Waals surface area contributed by atoms with Crippen molar-refractivity contribution in [1.29, 1.82) is 0 Å². The Kier molecular flexibility index (Phi) is 49.8. The lowest BCUT2D eigenvalue weighted by Crippen LogP contribution is -2.30. The predicted octanol–water partition coefficient (Wildman–Crippen LogP) is 17.9. The van der Waals surface area contributed by atoms with Gasteiger partial charge in [-0.25, -0.2) is 0 Å². The van der Waals surface area contributed by atoms with Crippen LogP contribution in [0.2, 0.25) is 0 Å². The summed E-state index contributed by atoms with van der Waals surface area (Å²) < 4.78 is 16.8. The number of hydrogen-bond donors (Lipinski definition) is 0. The number of allylic oxidation sites excluding steroid dienone is 4. The van der Waals surface area contributed by atoms with E-state index in [2.05, 4.69) is 45.1 Å². The smallest absolute Gasteiger partial charge is 0.306 e. The van der Waals surface area contributed by atoms with E-state index >= 15 is 0 Å². The quantitative estimate of drug-likeness (QED) is 0.0262. The van der Waals surface area contributed by atoms with Gasteiger partial charge in [0.2, 0.25) is 0 Å². The fraction of sp³-hybridized carbons (Fsp3) is 0.875. The van der Waals surface area contributed by atoms with E-state index in [4.69, 9.17) is 14.2 Å². The van der Waals surface area contributed by atoms with E-state index in [0.717, 1.165) is 70.6 Å². The van der Waals surface area contributed by atoms with Crippen LogP contribution in [0.15, 0.2) is 24.3 Å². The Morgan fingerprint density at radius 1 is 0.306 bits per heavy atom. The van der Waals surface area contributed by atoms with Crippen LogP contribution in [0.25, 0.3) is 0 Å². The van der Waals surface area contributed by atoms with Gasteiger partial charge in [-0.3, -0.25) is 14.4 Å². The van der Waals surface area contributed by atoms with Crippen LogP contribution in [-0.4, -0.2) is 37.2 Å². The molecule has 364 valence electrons. The third-order valence-corrected chi connectivity index (χ3v) is 12.2. The predicted molar refractivity (Wildman–Crippen MR) is 266 cm³/mol. The third-order valence-electron chi connectivity index (χ3n) is 12.2. The summed E-state index contributed by atoms with van der Waals surface area (Å²) >= 11 is 0. The van der Waals surface area contributed by atoms with Gasteiger partial charge in [-0.1, -0.05) is 231 Å². The van der Waals surface area contributed by atoms with Crippen LogP contribution in [0.4, 0.5) is 0 Å². The van der Waals surface area contributed by atoms with Crippen LogP contribution in [0.1, 0.15) is 297 Å². The van der Waals surface area contributed by atoms with Crippen molar-refractivity contribution in [2.24, 2.45) is 0 Å². The molecule has 0 aromatic rings. The van der Waals surface area contributed by atoms with Crippen LogP contribution < -0.4 is 0 Å². The molecular formula is C56H104O6. The molecule has 0 aliphatic carbocycles.